The fourth-order valence-corrected chi connectivity index (χ4v) is 6.16. The van der Waals surface area contributed by atoms with Crippen molar-refractivity contribution in [1.29, 1.82) is 0 Å². The Labute approximate surface area is 302 Å². The summed E-state index contributed by atoms with van der Waals surface area (Å²) in [6.07, 6.45) is 1.38. The van der Waals surface area contributed by atoms with Crippen LogP contribution in [0.15, 0.2) is 155 Å². The highest BCUT2D eigenvalue weighted by atomic mass is 32.2. The average molecular weight is 711 g/mol. The van der Waals surface area contributed by atoms with Crippen LogP contribution in [-0.4, -0.2) is 34.4 Å². The van der Waals surface area contributed by atoms with Gasteiger partial charge in [0.05, 0.1) is 17.0 Å². The van der Waals surface area contributed by atoms with E-state index in [4.69, 9.17) is 0 Å². The van der Waals surface area contributed by atoms with Gasteiger partial charge in [0, 0.05) is 28.3 Å². The number of nitrogens with one attached hydrogen (secondary N) is 3. The van der Waals surface area contributed by atoms with Crippen molar-refractivity contribution in [2.75, 3.05) is 10.3 Å². The lowest BCUT2D eigenvalue weighted by Gasteiger charge is -2.17. The number of rotatable bonds is 11. The highest BCUT2D eigenvalue weighted by molar-refractivity contribution is 8.00. The second-order valence-corrected chi connectivity index (χ2v) is 12.5. The average Bonchev–Trinajstić information content (AvgIpc) is 3.54. The van der Waals surface area contributed by atoms with Gasteiger partial charge < -0.3 is 16.0 Å². The number of carbonyl (C=O) groups excluding carboxylic acids is 4. The molecule has 0 aromatic heterocycles. The lowest BCUT2D eigenvalue weighted by atomic mass is 10.1. The van der Waals surface area contributed by atoms with Crippen molar-refractivity contribution in [3.8, 4) is 0 Å². The van der Waals surface area contributed by atoms with Gasteiger partial charge in [-0.15, -0.1) is 11.8 Å². The van der Waals surface area contributed by atoms with Crippen molar-refractivity contribution < 1.29 is 24.1 Å². The molecule has 12 nitrogen and oxygen atoms in total. The highest BCUT2D eigenvalue weighted by Gasteiger charge is 2.29. The second-order valence-electron chi connectivity index (χ2n) is 11.4. The highest BCUT2D eigenvalue weighted by Crippen LogP contribution is 2.36. The van der Waals surface area contributed by atoms with Gasteiger partial charge in [0.25, 0.3) is 23.4 Å². The van der Waals surface area contributed by atoms with Gasteiger partial charge in [-0.1, -0.05) is 66.7 Å². The summed E-state index contributed by atoms with van der Waals surface area (Å²) in [4.78, 5) is 64.1. The van der Waals surface area contributed by atoms with Crippen LogP contribution >= 0.6 is 11.8 Å². The molecular weight excluding hydrogens is 681 g/mol. The van der Waals surface area contributed by atoms with Crippen molar-refractivity contribution in [2.45, 2.75) is 16.6 Å². The molecular formula is C39H30N6O6S. The summed E-state index contributed by atoms with van der Waals surface area (Å²) in [5.74, 6) is -1.50. The summed E-state index contributed by atoms with van der Waals surface area (Å²) in [6.45, 7) is 0. The monoisotopic (exact) mass is 710 g/mol. The number of carbonyl (C=O) groups is 4. The molecule has 0 aliphatic carbocycles. The minimum absolute atomic E-state index is 0.0480. The third-order valence-electron chi connectivity index (χ3n) is 7.69. The van der Waals surface area contributed by atoms with Gasteiger partial charge in [-0.05, 0) is 77.9 Å². The largest absolute Gasteiger partial charge is 0.321 e. The number of nitro benzene ring substituents is 1. The maximum Gasteiger partial charge on any atom is 0.272 e. The zero-order valence-electron chi connectivity index (χ0n) is 27.3. The summed E-state index contributed by atoms with van der Waals surface area (Å²) in [7, 11) is 0. The Kier molecular flexibility index (Phi) is 10.9. The Balaban J connectivity index is 1.17. The van der Waals surface area contributed by atoms with E-state index in [1.165, 1.54) is 47.1 Å². The maximum absolute atomic E-state index is 13.7. The van der Waals surface area contributed by atoms with Crippen molar-refractivity contribution in [3.63, 3.8) is 0 Å². The molecule has 52 heavy (non-hydrogen) atoms. The molecule has 0 saturated carbocycles. The number of para-hydroxylation sites is 1. The minimum atomic E-state index is -0.699. The molecule has 0 fully saturated rings. The first-order valence-electron chi connectivity index (χ1n) is 16.0. The topological polar surface area (TPSA) is 163 Å². The quantitative estimate of drug-likeness (QED) is 0.0594. The standard InChI is InChI=1S/C39H30N6O6S/c46-35-25-34(43-44(35)30-14-8-3-9-15-30)42-39(49)36(27-10-4-1-5-11-27)52-32-22-18-29(19-23-32)40-38(48)33(41-37(47)28-12-6-2-7-13-28)24-26-16-20-31(21-17-26)45(50)51/h1-24,36H,25H2,(H,40,48)(H,41,47)(H,42,43,49)/b33-24-. The van der Waals surface area contributed by atoms with Crippen LogP contribution in [0.25, 0.3) is 6.08 Å². The van der Waals surface area contributed by atoms with E-state index in [0.29, 0.717) is 22.5 Å². The second kappa shape index (κ2) is 16.2. The van der Waals surface area contributed by atoms with E-state index < -0.39 is 22.0 Å². The zero-order valence-corrected chi connectivity index (χ0v) is 28.2. The predicted molar refractivity (Wildman–Crippen MR) is 199 cm³/mol. The van der Waals surface area contributed by atoms with E-state index in [1.807, 2.05) is 36.4 Å². The fourth-order valence-electron chi connectivity index (χ4n) is 5.13. The first-order chi connectivity index (χ1) is 25.2. The Morgan fingerprint density at radius 3 is 2.04 bits per heavy atom. The molecule has 1 unspecified atom stereocenters. The van der Waals surface area contributed by atoms with Crippen LogP contribution in [0.2, 0.25) is 0 Å². The van der Waals surface area contributed by atoms with E-state index in [9.17, 15) is 29.3 Å². The fraction of sp³-hybridized carbons (Fsp3) is 0.0513. The summed E-state index contributed by atoms with van der Waals surface area (Å²) in [5.41, 5.74) is 2.36. The van der Waals surface area contributed by atoms with E-state index in [1.54, 1.807) is 78.9 Å². The summed E-state index contributed by atoms with van der Waals surface area (Å²) in [6, 6.07) is 38.9. The molecule has 0 radical (unpaired) electrons. The van der Waals surface area contributed by atoms with Crippen LogP contribution in [-0.2, 0) is 14.4 Å². The van der Waals surface area contributed by atoms with E-state index >= 15 is 0 Å². The number of hydrogen-bond donors (Lipinski definition) is 3. The Hall–Kier alpha value is -6.86. The predicted octanol–water partition coefficient (Wildman–Crippen LogP) is 6.70. The van der Waals surface area contributed by atoms with Gasteiger partial charge in [-0.2, -0.15) is 10.1 Å². The van der Waals surface area contributed by atoms with Gasteiger partial charge in [0.15, 0.2) is 0 Å². The molecule has 258 valence electrons. The number of anilines is 2. The molecule has 5 aromatic carbocycles. The normalized spacial score (nSPS) is 13.2. The van der Waals surface area contributed by atoms with Crippen LogP contribution in [0, 0.1) is 10.1 Å². The number of non-ortho nitro benzene ring substituents is 1. The molecule has 0 saturated heterocycles. The van der Waals surface area contributed by atoms with Crippen molar-refractivity contribution in [2.24, 2.45) is 5.10 Å². The Bertz CT molecular complexity index is 2160. The van der Waals surface area contributed by atoms with Gasteiger partial charge in [0.1, 0.15) is 16.8 Å². The van der Waals surface area contributed by atoms with Gasteiger partial charge >= 0.3 is 0 Å². The maximum atomic E-state index is 13.7. The summed E-state index contributed by atoms with van der Waals surface area (Å²) >= 11 is 1.28. The molecule has 1 aliphatic rings. The van der Waals surface area contributed by atoms with Crippen LogP contribution in [0.3, 0.4) is 0 Å². The summed E-state index contributed by atoms with van der Waals surface area (Å²) in [5, 5.41) is 24.3. The Morgan fingerprint density at radius 1 is 0.788 bits per heavy atom. The number of hydrazone groups is 1. The van der Waals surface area contributed by atoms with Gasteiger partial charge in [0.2, 0.25) is 5.91 Å². The number of benzene rings is 5. The molecule has 0 spiro atoms. The molecule has 6 rings (SSSR count). The smallest absolute Gasteiger partial charge is 0.272 e. The van der Waals surface area contributed by atoms with Crippen LogP contribution in [0.1, 0.15) is 33.2 Å². The molecule has 13 heteroatoms. The van der Waals surface area contributed by atoms with Crippen molar-refractivity contribution in [1.82, 2.24) is 10.6 Å². The first kappa shape index (κ1) is 35.0. The molecule has 1 aliphatic heterocycles. The lowest BCUT2D eigenvalue weighted by molar-refractivity contribution is -0.384. The number of hydrogen-bond acceptors (Lipinski definition) is 8. The van der Waals surface area contributed by atoms with Crippen LogP contribution in [0.5, 0.6) is 0 Å². The first-order valence-corrected chi connectivity index (χ1v) is 16.8. The number of amidine groups is 1. The number of nitro groups is 1. The van der Waals surface area contributed by atoms with E-state index in [0.717, 1.165) is 10.5 Å². The third kappa shape index (κ3) is 8.83. The van der Waals surface area contributed by atoms with Gasteiger partial charge in [-0.3, -0.25) is 29.3 Å². The SMILES string of the molecule is O=C(Nc1ccc(SC(C(=O)NC2=NN(c3ccccc3)C(=O)C2)c2ccccc2)cc1)/C(=C/c1ccc([N+](=O)[O-])cc1)NC(=O)c1ccccc1. The molecule has 1 heterocycles. The van der Waals surface area contributed by atoms with E-state index in [-0.39, 0.29) is 35.5 Å². The van der Waals surface area contributed by atoms with Crippen molar-refractivity contribution in [3.05, 3.63) is 172 Å². The molecule has 3 N–H and O–H groups in total. The third-order valence-corrected chi connectivity index (χ3v) is 8.96. The number of thioether (sulfide) groups is 1. The summed E-state index contributed by atoms with van der Waals surface area (Å²) < 4.78 is 0. The Morgan fingerprint density at radius 2 is 1.40 bits per heavy atom. The number of amides is 4. The van der Waals surface area contributed by atoms with Crippen molar-refractivity contribution >= 4 is 64.4 Å². The zero-order chi connectivity index (χ0) is 36.5. The number of nitrogens with zero attached hydrogens (tertiary/aromatic N) is 3. The molecule has 4 amide bonds. The molecule has 0 bridgehead atoms. The molecule has 1 atom stereocenters. The van der Waals surface area contributed by atoms with E-state index in [2.05, 4.69) is 21.1 Å². The van der Waals surface area contributed by atoms with Crippen LogP contribution in [0.4, 0.5) is 17.1 Å². The van der Waals surface area contributed by atoms with Gasteiger partial charge in [-0.25, -0.2) is 0 Å². The van der Waals surface area contributed by atoms with Crippen LogP contribution < -0.4 is 21.0 Å². The minimum Gasteiger partial charge on any atom is -0.321 e. The molecule has 5 aromatic rings. The lowest BCUT2D eigenvalue weighted by Crippen LogP contribution is -2.33.